The van der Waals surface area contributed by atoms with E-state index in [1.165, 1.54) is 18.2 Å². The molecule has 2 heterocycles. The van der Waals surface area contributed by atoms with E-state index in [4.69, 9.17) is 0 Å². The highest BCUT2D eigenvalue weighted by Crippen LogP contribution is 2.36. The third-order valence-corrected chi connectivity index (χ3v) is 4.51. The summed E-state index contributed by atoms with van der Waals surface area (Å²) in [4.78, 5) is 12.8. The van der Waals surface area contributed by atoms with E-state index in [1.54, 1.807) is 30.6 Å². The fourth-order valence-electron chi connectivity index (χ4n) is 2.81. The number of aromatic nitrogens is 3. The molecule has 3 N–H and O–H groups in total. The van der Waals surface area contributed by atoms with Crippen LogP contribution in [0.4, 0.5) is 30.6 Å². The maximum atomic E-state index is 13.4. The van der Waals surface area contributed by atoms with Crippen LogP contribution in [-0.4, -0.2) is 32.7 Å². The smallest absolute Gasteiger partial charge is 0.394 e. The first kappa shape index (κ1) is 21.5. The lowest BCUT2D eigenvalue weighted by atomic mass is 10.1. The molecule has 0 amide bonds. The zero-order valence-electron chi connectivity index (χ0n) is 16.5. The Hall–Kier alpha value is -3.20. The normalized spacial score (nSPS) is 12.6. The van der Waals surface area contributed by atoms with Crippen molar-refractivity contribution in [3.63, 3.8) is 0 Å². The Morgan fingerprint density at radius 2 is 1.73 bits per heavy atom. The van der Waals surface area contributed by atoms with Gasteiger partial charge in [-0.1, -0.05) is 26.0 Å². The maximum Gasteiger partial charge on any atom is 0.418 e. The van der Waals surface area contributed by atoms with Crippen LogP contribution in [0.5, 0.6) is 0 Å². The second-order valence-corrected chi connectivity index (χ2v) is 7.04. The number of aliphatic hydroxyl groups is 1. The zero-order chi connectivity index (χ0) is 21.7. The minimum absolute atomic E-state index is 0.0885. The van der Waals surface area contributed by atoms with Gasteiger partial charge in [-0.05, 0) is 30.2 Å². The Morgan fingerprint density at radius 1 is 1.03 bits per heavy atom. The maximum absolute atomic E-state index is 13.4. The summed E-state index contributed by atoms with van der Waals surface area (Å²) in [5, 5.41) is 15.4. The van der Waals surface area contributed by atoms with Gasteiger partial charge in [0.15, 0.2) is 0 Å². The molecular formula is C21H22F3N5O. The summed E-state index contributed by atoms with van der Waals surface area (Å²) in [6, 6.07) is 9.93. The average Bonchev–Trinajstić information content (AvgIpc) is 2.72. The molecule has 0 aliphatic heterocycles. The van der Waals surface area contributed by atoms with Gasteiger partial charge in [-0.15, -0.1) is 0 Å². The molecule has 0 saturated carbocycles. The van der Waals surface area contributed by atoms with E-state index < -0.39 is 11.7 Å². The lowest BCUT2D eigenvalue weighted by Crippen LogP contribution is -2.30. The van der Waals surface area contributed by atoms with E-state index in [9.17, 15) is 18.3 Å². The third kappa shape index (κ3) is 5.24. The van der Waals surface area contributed by atoms with Gasteiger partial charge in [0.1, 0.15) is 5.82 Å². The quantitative estimate of drug-likeness (QED) is 0.516. The Balaban J connectivity index is 2.03. The molecule has 3 rings (SSSR count). The molecule has 0 radical (unpaired) electrons. The summed E-state index contributed by atoms with van der Waals surface area (Å²) < 4.78 is 40.1. The molecular weight excluding hydrogens is 395 g/mol. The molecule has 158 valence electrons. The molecule has 1 atom stereocenters. The molecule has 9 heteroatoms. The lowest BCUT2D eigenvalue weighted by Gasteiger charge is -2.21. The Kier molecular flexibility index (Phi) is 6.51. The number of benzene rings is 1. The van der Waals surface area contributed by atoms with Gasteiger partial charge in [0.25, 0.3) is 0 Å². The van der Waals surface area contributed by atoms with Crippen molar-refractivity contribution in [3.8, 4) is 11.3 Å². The van der Waals surface area contributed by atoms with Gasteiger partial charge in [0.2, 0.25) is 5.95 Å². The first-order chi connectivity index (χ1) is 14.3. The first-order valence-corrected chi connectivity index (χ1v) is 9.38. The molecule has 0 fully saturated rings. The second-order valence-electron chi connectivity index (χ2n) is 7.04. The van der Waals surface area contributed by atoms with Gasteiger partial charge >= 0.3 is 6.18 Å². The summed E-state index contributed by atoms with van der Waals surface area (Å²) in [6.45, 7) is 3.72. The third-order valence-electron chi connectivity index (χ3n) is 4.51. The summed E-state index contributed by atoms with van der Waals surface area (Å²) >= 11 is 0. The van der Waals surface area contributed by atoms with E-state index in [-0.39, 0.29) is 36.0 Å². The SMILES string of the molecule is CC(C)[C@H](CO)Nc1nc(Nc2ccccc2C(F)(F)F)cc(-c2ccncc2)n1. The lowest BCUT2D eigenvalue weighted by molar-refractivity contribution is -0.136. The highest BCUT2D eigenvalue weighted by Gasteiger charge is 2.33. The molecule has 3 aromatic rings. The second kappa shape index (κ2) is 9.08. The molecule has 2 aromatic heterocycles. The van der Waals surface area contributed by atoms with E-state index >= 15 is 0 Å². The Bertz CT molecular complexity index is 980. The van der Waals surface area contributed by atoms with E-state index in [0.717, 1.165) is 11.6 Å². The highest BCUT2D eigenvalue weighted by molar-refractivity contribution is 5.68. The topological polar surface area (TPSA) is 83.0 Å². The van der Waals surface area contributed by atoms with Crippen LogP contribution >= 0.6 is 0 Å². The molecule has 0 bridgehead atoms. The number of pyridine rings is 1. The summed E-state index contributed by atoms with van der Waals surface area (Å²) in [5.41, 5.74) is 0.326. The predicted octanol–water partition coefficient (Wildman–Crippen LogP) is 4.73. The number of nitrogens with one attached hydrogen (secondary N) is 2. The van der Waals surface area contributed by atoms with Crippen molar-refractivity contribution in [2.45, 2.75) is 26.1 Å². The van der Waals surface area contributed by atoms with Crippen LogP contribution in [0.1, 0.15) is 19.4 Å². The van der Waals surface area contributed by atoms with Crippen LogP contribution in [0.25, 0.3) is 11.3 Å². The van der Waals surface area contributed by atoms with Gasteiger partial charge in [0, 0.05) is 24.0 Å². The van der Waals surface area contributed by atoms with E-state index in [2.05, 4.69) is 25.6 Å². The highest BCUT2D eigenvalue weighted by atomic mass is 19.4. The summed E-state index contributed by atoms with van der Waals surface area (Å²) in [7, 11) is 0. The van der Waals surface area contributed by atoms with Crippen molar-refractivity contribution >= 4 is 17.5 Å². The number of aliphatic hydroxyl groups excluding tert-OH is 1. The molecule has 6 nitrogen and oxygen atoms in total. The van der Waals surface area contributed by atoms with Crippen LogP contribution in [0.3, 0.4) is 0 Å². The fourth-order valence-corrected chi connectivity index (χ4v) is 2.81. The van der Waals surface area contributed by atoms with Gasteiger partial charge in [0.05, 0.1) is 29.6 Å². The zero-order valence-corrected chi connectivity index (χ0v) is 16.5. The summed E-state index contributed by atoms with van der Waals surface area (Å²) in [6.07, 6.45) is -1.31. The van der Waals surface area contributed by atoms with Gasteiger partial charge < -0.3 is 15.7 Å². The van der Waals surface area contributed by atoms with Crippen LogP contribution in [0, 0.1) is 5.92 Å². The van der Waals surface area contributed by atoms with Crippen LogP contribution in [0.2, 0.25) is 0 Å². The Labute approximate surface area is 172 Å². The van der Waals surface area contributed by atoms with Crippen molar-refractivity contribution in [1.29, 1.82) is 0 Å². The Morgan fingerprint density at radius 3 is 2.37 bits per heavy atom. The van der Waals surface area contributed by atoms with Crippen molar-refractivity contribution in [3.05, 3.63) is 60.4 Å². The van der Waals surface area contributed by atoms with Gasteiger partial charge in [-0.25, -0.2) is 4.98 Å². The van der Waals surface area contributed by atoms with Crippen LogP contribution < -0.4 is 10.6 Å². The summed E-state index contributed by atoms with van der Waals surface area (Å²) in [5.74, 6) is 0.478. The first-order valence-electron chi connectivity index (χ1n) is 9.38. The molecule has 0 unspecified atom stereocenters. The number of hydrogen-bond acceptors (Lipinski definition) is 6. The number of anilines is 3. The molecule has 1 aromatic carbocycles. The molecule has 30 heavy (non-hydrogen) atoms. The van der Waals surface area contributed by atoms with Crippen molar-refractivity contribution in [2.24, 2.45) is 5.92 Å². The van der Waals surface area contributed by atoms with Crippen molar-refractivity contribution in [1.82, 2.24) is 15.0 Å². The number of hydrogen-bond donors (Lipinski definition) is 3. The monoisotopic (exact) mass is 417 g/mol. The molecule has 0 spiro atoms. The van der Waals surface area contributed by atoms with Crippen molar-refractivity contribution < 1.29 is 18.3 Å². The average molecular weight is 417 g/mol. The van der Waals surface area contributed by atoms with Crippen LogP contribution in [0.15, 0.2) is 54.9 Å². The number of alkyl halides is 3. The minimum atomic E-state index is -4.51. The number of rotatable bonds is 7. The number of nitrogens with zero attached hydrogens (tertiary/aromatic N) is 3. The van der Waals surface area contributed by atoms with Gasteiger partial charge in [-0.2, -0.15) is 18.2 Å². The van der Waals surface area contributed by atoms with Crippen LogP contribution in [-0.2, 0) is 6.18 Å². The fraction of sp³-hybridized carbons (Fsp3) is 0.286. The van der Waals surface area contributed by atoms with Gasteiger partial charge in [-0.3, -0.25) is 4.98 Å². The molecule has 0 saturated heterocycles. The van der Waals surface area contributed by atoms with E-state index in [0.29, 0.717) is 5.69 Å². The standard InChI is InChI=1S/C21H22F3N5O/c1-13(2)18(12-30)28-20-27-17(14-7-9-25-10-8-14)11-19(29-20)26-16-6-4-3-5-15(16)21(22,23)24/h3-11,13,18,30H,12H2,1-2H3,(H2,26,27,28,29)/t18-/m0/s1. The molecule has 0 aliphatic carbocycles. The minimum Gasteiger partial charge on any atom is -0.394 e. The number of para-hydroxylation sites is 1. The predicted molar refractivity (Wildman–Crippen MR) is 109 cm³/mol. The number of halogens is 3. The van der Waals surface area contributed by atoms with Crippen molar-refractivity contribution in [2.75, 3.05) is 17.2 Å². The van der Waals surface area contributed by atoms with E-state index in [1.807, 2.05) is 13.8 Å². The molecule has 0 aliphatic rings. The largest absolute Gasteiger partial charge is 0.418 e.